The number of nitrogens with one attached hydrogen (secondary N) is 1. The van der Waals surface area contributed by atoms with Crippen molar-refractivity contribution in [2.24, 2.45) is 5.92 Å². The topological polar surface area (TPSA) is 95.3 Å². The maximum absolute atomic E-state index is 12.5. The Morgan fingerprint density at radius 2 is 2.18 bits per heavy atom. The molecule has 7 nitrogen and oxygen atoms in total. The van der Waals surface area contributed by atoms with Gasteiger partial charge in [-0.2, -0.15) is 5.26 Å². The molecule has 172 valence electrons. The van der Waals surface area contributed by atoms with Crippen molar-refractivity contribution in [3.05, 3.63) is 51.7 Å². The van der Waals surface area contributed by atoms with E-state index in [0.717, 1.165) is 66.8 Å². The van der Waals surface area contributed by atoms with Gasteiger partial charge in [0.25, 0.3) is 0 Å². The SMILES string of the molecule is Cc1ccncc1C=CC(=O)Nc1sc2c(c1C#N)CCC(COC(=O)N1CCCCC1)C2. The summed E-state index contributed by atoms with van der Waals surface area (Å²) >= 11 is 1.45. The molecule has 0 radical (unpaired) electrons. The highest BCUT2D eigenvalue weighted by atomic mass is 32.1. The lowest BCUT2D eigenvalue weighted by atomic mass is 9.88. The highest BCUT2D eigenvalue weighted by molar-refractivity contribution is 7.16. The molecule has 4 rings (SSSR count). The van der Waals surface area contributed by atoms with Crippen LogP contribution >= 0.6 is 11.3 Å². The van der Waals surface area contributed by atoms with E-state index in [0.29, 0.717) is 17.2 Å². The van der Waals surface area contributed by atoms with Gasteiger partial charge in [0.1, 0.15) is 11.1 Å². The van der Waals surface area contributed by atoms with Gasteiger partial charge in [-0.25, -0.2) is 4.79 Å². The Hall–Kier alpha value is -3.18. The minimum Gasteiger partial charge on any atom is -0.449 e. The third-order valence-corrected chi connectivity index (χ3v) is 7.44. The number of rotatable bonds is 5. The first-order valence-electron chi connectivity index (χ1n) is 11.4. The van der Waals surface area contributed by atoms with Crippen LogP contribution in [0.25, 0.3) is 6.08 Å². The second-order valence-electron chi connectivity index (χ2n) is 8.61. The number of likely N-dealkylation sites (tertiary alicyclic amines) is 1. The van der Waals surface area contributed by atoms with Gasteiger partial charge in [0, 0.05) is 36.4 Å². The van der Waals surface area contributed by atoms with Gasteiger partial charge in [-0.3, -0.25) is 9.78 Å². The summed E-state index contributed by atoms with van der Waals surface area (Å²) in [5.74, 6) is -0.0474. The molecule has 1 atom stereocenters. The molecule has 0 aromatic carbocycles. The summed E-state index contributed by atoms with van der Waals surface area (Å²) in [4.78, 5) is 31.8. The predicted octanol–water partition coefficient (Wildman–Crippen LogP) is 4.70. The molecule has 8 heteroatoms. The van der Waals surface area contributed by atoms with E-state index in [1.54, 1.807) is 23.4 Å². The van der Waals surface area contributed by atoms with Gasteiger partial charge in [-0.1, -0.05) is 0 Å². The largest absolute Gasteiger partial charge is 0.449 e. The number of hydrogen-bond donors (Lipinski definition) is 1. The highest BCUT2D eigenvalue weighted by Gasteiger charge is 2.28. The number of nitrogens with zero attached hydrogens (tertiary/aromatic N) is 3. The number of ether oxygens (including phenoxy) is 1. The van der Waals surface area contributed by atoms with Gasteiger partial charge in [0.2, 0.25) is 5.91 Å². The van der Waals surface area contributed by atoms with Crippen LogP contribution in [0.3, 0.4) is 0 Å². The van der Waals surface area contributed by atoms with Crippen LogP contribution in [-0.4, -0.2) is 41.6 Å². The number of aryl methyl sites for hydroxylation is 1. The monoisotopic (exact) mass is 464 g/mol. The second-order valence-corrected chi connectivity index (χ2v) is 9.71. The fourth-order valence-corrected chi connectivity index (χ4v) is 5.64. The van der Waals surface area contributed by atoms with Crippen LogP contribution in [0.2, 0.25) is 0 Å². The summed E-state index contributed by atoms with van der Waals surface area (Å²) in [5, 5.41) is 13.2. The van der Waals surface area contributed by atoms with Gasteiger partial charge in [0.15, 0.2) is 0 Å². The molecule has 1 fully saturated rings. The summed E-state index contributed by atoms with van der Waals surface area (Å²) in [6.07, 6.45) is 12.0. The number of anilines is 1. The van der Waals surface area contributed by atoms with Gasteiger partial charge in [-0.05, 0) is 80.2 Å². The van der Waals surface area contributed by atoms with Crippen LogP contribution in [0.5, 0.6) is 0 Å². The van der Waals surface area contributed by atoms with Gasteiger partial charge in [-0.15, -0.1) is 11.3 Å². The first-order chi connectivity index (χ1) is 16.0. The first kappa shape index (κ1) is 23.0. The molecule has 1 N–H and O–H groups in total. The van der Waals surface area contributed by atoms with Crippen molar-refractivity contribution in [3.63, 3.8) is 0 Å². The van der Waals surface area contributed by atoms with E-state index in [1.165, 1.54) is 23.8 Å². The van der Waals surface area contributed by atoms with Crippen molar-refractivity contribution in [1.82, 2.24) is 9.88 Å². The molecule has 2 aromatic heterocycles. The third kappa shape index (κ3) is 5.60. The first-order valence-corrected chi connectivity index (χ1v) is 12.2. The summed E-state index contributed by atoms with van der Waals surface area (Å²) in [6.45, 7) is 3.91. The molecule has 1 aliphatic heterocycles. The van der Waals surface area contributed by atoms with Crippen LogP contribution in [-0.2, 0) is 22.4 Å². The minimum atomic E-state index is -0.277. The van der Waals surface area contributed by atoms with E-state index in [2.05, 4.69) is 16.4 Å². The van der Waals surface area contributed by atoms with Crippen molar-refractivity contribution in [2.75, 3.05) is 25.0 Å². The summed E-state index contributed by atoms with van der Waals surface area (Å²) in [6, 6.07) is 4.16. The summed E-state index contributed by atoms with van der Waals surface area (Å²) < 4.78 is 5.59. The number of pyridine rings is 1. The van der Waals surface area contributed by atoms with E-state index >= 15 is 0 Å². The number of amides is 2. The lowest BCUT2D eigenvalue weighted by molar-refractivity contribution is -0.111. The van der Waals surface area contributed by atoms with Crippen molar-refractivity contribution in [2.45, 2.75) is 45.4 Å². The number of nitriles is 1. The molecule has 0 saturated carbocycles. The molecule has 1 aliphatic carbocycles. The molecule has 33 heavy (non-hydrogen) atoms. The lowest BCUT2D eigenvalue weighted by Gasteiger charge is -2.27. The van der Waals surface area contributed by atoms with Crippen LogP contribution in [0.1, 0.15) is 52.8 Å². The third-order valence-electron chi connectivity index (χ3n) is 6.27. The van der Waals surface area contributed by atoms with E-state index in [1.807, 2.05) is 13.0 Å². The second kappa shape index (κ2) is 10.6. The van der Waals surface area contributed by atoms with Gasteiger partial charge in [0.05, 0.1) is 12.2 Å². The van der Waals surface area contributed by atoms with Gasteiger partial charge < -0.3 is 15.0 Å². The zero-order valence-electron chi connectivity index (χ0n) is 18.8. The number of aromatic nitrogens is 1. The van der Waals surface area contributed by atoms with E-state index in [4.69, 9.17) is 4.74 Å². The Morgan fingerprint density at radius 1 is 1.36 bits per heavy atom. The minimum absolute atomic E-state index is 0.215. The Kier molecular flexibility index (Phi) is 7.40. The zero-order valence-corrected chi connectivity index (χ0v) is 19.6. The van der Waals surface area contributed by atoms with E-state index in [-0.39, 0.29) is 17.9 Å². The Labute approximate surface area is 198 Å². The van der Waals surface area contributed by atoms with Crippen molar-refractivity contribution in [3.8, 4) is 6.07 Å². The molecule has 1 saturated heterocycles. The maximum Gasteiger partial charge on any atom is 0.409 e. The molecular formula is C25H28N4O3S. The van der Waals surface area contributed by atoms with Crippen LogP contribution in [0.15, 0.2) is 24.5 Å². The number of fused-ring (bicyclic) bond motifs is 1. The normalized spacial score (nSPS) is 17.9. The number of piperidine rings is 1. The molecule has 2 aromatic rings. The molecule has 0 bridgehead atoms. The zero-order chi connectivity index (χ0) is 23.2. The van der Waals surface area contributed by atoms with Crippen molar-refractivity contribution < 1.29 is 14.3 Å². The number of hydrogen-bond acceptors (Lipinski definition) is 6. The number of carbonyl (C=O) groups excluding carboxylic acids is 2. The van der Waals surface area contributed by atoms with Crippen LogP contribution in [0, 0.1) is 24.2 Å². The quantitative estimate of drug-likeness (QED) is 0.647. The average Bonchev–Trinajstić information content (AvgIpc) is 3.18. The number of carbonyl (C=O) groups is 2. The molecule has 0 spiro atoms. The fourth-order valence-electron chi connectivity index (χ4n) is 4.33. The fraction of sp³-hybridized carbons (Fsp3) is 0.440. The van der Waals surface area contributed by atoms with E-state index in [9.17, 15) is 14.9 Å². The van der Waals surface area contributed by atoms with Crippen LogP contribution < -0.4 is 5.32 Å². The van der Waals surface area contributed by atoms with Gasteiger partial charge >= 0.3 is 6.09 Å². The summed E-state index contributed by atoms with van der Waals surface area (Å²) in [5.41, 5.74) is 3.48. The maximum atomic E-state index is 12.5. The Balaban J connectivity index is 1.37. The average molecular weight is 465 g/mol. The molecule has 1 unspecified atom stereocenters. The van der Waals surface area contributed by atoms with E-state index < -0.39 is 0 Å². The molecule has 3 heterocycles. The van der Waals surface area contributed by atoms with Crippen molar-refractivity contribution >= 4 is 34.4 Å². The Morgan fingerprint density at radius 3 is 2.94 bits per heavy atom. The molecular weight excluding hydrogens is 436 g/mol. The lowest BCUT2D eigenvalue weighted by Crippen LogP contribution is -2.37. The molecule has 2 amide bonds. The standard InChI is InChI=1S/C25H28N4O3S/c1-17-9-10-27-15-19(17)6-8-23(30)28-24-21(14-26)20-7-5-18(13-22(20)33-24)16-32-25(31)29-11-3-2-4-12-29/h6,8-10,15,18H,2-5,7,11-13,16H2,1H3,(H,28,30). The number of thiophene rings is 1. The Bertz CT molecular complexity index is 1100. The highest BCUT2D eigenvalue weighted by Crippen LogP contribution is 2.39. The summed E-state index contributed by atoms with van der Waals surface area (Å²) in [7, 11) is 0. The smallest absolute Gasteiger partial charge is 0.409 e. The van der Waals surface area contributed by atoms with Crippen LogP contribution in [0.4, 0.5) is 9.80 Å². The molecule has 2 aliphatic rings. The van der Waals surface area contributed by atoms with Crippen molar-refractivity contribution in [1.29, 1.82) is 5.26 Å². The predicted molar refractivity (Wildman–Crippen MR) is 128 cm³/mol.